The number of benzene rings is 2. The molecule has 0 radical (unpaired) electrons. The van der Waals surface area contributed by atoms with Gasteiger partial charge in [0.05, 0.1) is 5.25 Å². The van der Waals surface area contributed by atoms with E-state index >= 15 is 0 Å². The number of carbonyl (C=O) groups excluding carboxylic acids is 2. The highest BCUT2D eigenvalue weighted by Crippen LogP contribution is 2.23. The van der Waals surface area contributed by atoms with Crippen molar-refractivity contribution in [1.82, 2.24) is 0 Å². The Bertz CT molecular complexity index is 644. The molecule has 0 aliphatic rings. The van der Waals surface area contributed by atoms with Gasteiger partial charge in [0.2, 0.25) is 11.8 Å². The molecule has 0 aliphatic heterocycles. The first-order valence-electron chi connectivity index (χ1n) is 6.48. The van der Waals surface area contributed by atoms with Crippen molar-refractivity contribution in [3.63, 3.8) is 0 Å². The van der Waals surface area contributed by atoms with E-state index in [0.29, 0.717) is 11.3 Å². The summed E-state index contributed by atoms with van der Waals surface area (Å²) in [5.41, 5.74) is 6.16. The third-order valence-corrected chi connectivity index (χ3v) is 3.95. The van der Waals surface area contributed by atoms with E-state index in [1.54, 1.807) is 24.3 Å². The fourth-order valence-corrected chi connectivity index (χ4v) is 2.64. The van der Waals surface area contributed by atoms with E-state index < -0.39 is 5.91 Å². The molecule has 0 aromatic heterocycles. The van der Waals surface area contributed by atoms with Gasteiger partial charge in [-0.1, -0.05) is 24.3 Å². The van der Waals surface area contributed by atoms with Gasteiger partial charge in [-0.05, 0) is 37.3 Å². The van der Waals surface area contributed by atoms with Crippen LogP contribution in [0.5, 0.6) is 0 Å². The molecule has 0 aliphatic carbocycles. The minimum absolute atomic E-state index is 0.120. The number of thioether (sulfide) groups is 1. The summed E-state index contributed by atoms with van der Waals surface area (Å²) >= 11 is 1.48. The summed E-state index contributed by atoms with van der Waals surface area (Å²) in [7, 11) is 0. The highest BCUT2D eigenvalue weighted by Gasteiger charge is 2.14. The van der Waals surface area contributed by atoms with Gasteiger partial charge < -0.3 is 11.1 Å². The maximum Gasteiger partial charge on any atom is 0.248 e. The molecule has 108 valence electrons. The summed E-state index contributed by atoms with van der Waals surface area (Å²) in [4.78, 5) is 24.3. The van der Waals surface area contributed by atoms with E-state index in [9.17, 15) is 9.59 Å². The first-order valence-corrected chi connectivity index (χ1v) is 7.36. The molecule has 1 atom stereocenters. The van der Waals surface area contributed by atoms with Crippen molar-refractivity contribution >= 4 is 29.3 Å². The van der Waals surface area contributed by atoms with Crippen molar-refractivity contribution < 1.29 is 9.59 Å². The number of primary amides is 1. The maximum atomic E-state index is 12.1. The highest BCUT2D eigenvalue weighted by molar-refractivity contribution is 8.00. The van der Waals surface area contributed by atoms with Crippen LogP contribution in [0.3, 0.4) is 0 Å². The normalized spacial score (nSPS) is 11.7. The quantitative estimate of drug-likeness (QED) is 0.834. The van der Waals surface area contributed by atoms with Crippen molar-refractivity contribution in [2.45, 2.75) is 17.1 Å². The molecule has 0 fully saturated rings. The summed E-state index contributed by atoms with van der Waals surface area (Å²) in [6.45, 7) is 1.84. The Labute approximate surface area is 127 Å². The Balaban J connectivity index is 2.00. The summed E-state index contributed by atoms with van der Waals surface area (Å²) in [5.74, 6) is -0.636. The molecule has 4 nitrogen and oxygen atoms in total. The topological polar surface area (TPSA) is 72.2 Å². The van der Waals surface area contributed by atoms with Crippen LogP contribution >= 0.6 is 11.8 Å². The average Bonchev–Trinajstić information content (AvgIpc) is 2.48. The zero-order valence-electron chi connectivity index (χ0n) is 11.6. The first kappa shape index (κ1) is 15.1. The second-order valence-corrected chi connectivity index (χ2v) is 5.92. The molecule has 2 aromatic rings. The number of amides is 2. The summed E-state index contributed by atoms with van der Waals surface area (Å²) in [6.07, 6.45) is 0. The molecular formula is C16H16N2O2S. The number of hydrogen-bond donors (Lipinski definition) is 2. The minimum atomic E-state index is -0.516. The van der Waals surface area contributed by atoms with Crippen LogP contribution in [0.4, 0.5) is 5.69 Å². The number of carbonyl (C=O) groups is 2. The molecule has 21 heavy (non-hydrogen) atoms. The Morgan fingerprint density at radius 3 is 2.48 bits per heavy atom. The van der Waals surface area contributed by atoms with Crippen LogP contribution in [0.25, 0.3) is 0 Å². The van der Waals surface area contributed by atoms with Crippen LogP contribution in [0.2, 0.25) is 0 Å². The van der Waals surface area contributed by atoms with Gasteiger partial charge >= 0.3 is 0 Å². The number of nitrogens with one attached hydrogen (secondary N) is 1. The van der Waals surface area contributed by atoms with Gasteiger partial charge in [-0.25, -0.2) is 0 Å². The van der Waals surface area contributed by atoms with Crippen molar-refractivity contribution in [1.29, 1.82) is 0 Å². The third kappa shape index (κ3) is 4.36. The summed E-state index contributed by atoms with van der Waals surface area (Å²) in [5, 5.41) is 2.54. The van der Waals surface area contributed by atoms with Crippen LogP contribution in [0.15, 0.2) is 59.5 Å². The van der Waals surface area contributed by atoms with Crippen molar-refractivity contribution in [3.8, 4) is 0 Å². The molecule has 3 N–H and O–H groups in total. The van der Waals surface area contributed by atoms with Crippen molar-refractivity contribution in [3.05, 3.63) is 60.2 Å². The van der Waals surface area contributed by atoms with Crippen LogP contribution in [0, 0.1) is 0 Å². The Kier molecular flexibility index (Phi) is 5.00. The molecule has 2 rings (SSSR count). The van der Waals surface area contributed by atoms with E-state index in [-0.39, 0.29) is 11.2 Å². The van der Waals surface area contributed by atoms with E-state index in [1.807, 2.05) is 37.3 Å². The minimum Gasteiger partial charge on any atom is -0.366 e. The number of nitrogens with two attached hydrogens (primary N) is 1. The zero-order valence-corrected chi connectivity index (χ0v) is 12.4. The monoisotopic (exact) mass is 300 g/mol. The van der Waals surface area contributed by atoms with Gasteiger partial charge in [0.15, 0.2) is 0 Å². The SMILES string of the molecule is C[C@@H](Sc1ccccc1)C(=O)Nc1cccc(C(N)=O)c1. The Morgan fingerprint density at radius 2 is 1.81 bits per heavy atom. The Morgan fingerprint density at radius 1 is 1.10 bits per heavy atom. The summed E-state index contributed by atoms with van der Waals surface area (Å²) < 4.78 is 0. The van der Waals surface area contributed by atoms with E-state index in [4.69, 9.17) is 5.73 Å². The van der Waals surface area contributed by atoms with Gasteiger partial charge in [-0.15, -0.1) is 11.8 Å². The van der Waals surface area contributed by atoms with Gasteiger partial charge in [0.25, 0.3) is 0 Å². The highest BCUT2D eigenvalue weighted by atomic mass is 32.2. The zero-order chi connectivity index (χ0) is 15.2. The summed E-state index contributed by atoms with van der Waals surface area (Å²) in [6, 6.07) is 16.3. The van der Waals surface area contributed by atoms with Crippen molar-refractivity contribution in [2.75, 3.05) is 5.32 Å². The predicted molar refractivity (Wildman–Crippen MR) is 85.4 cm³/mol. The smallest absolute Gasteiger partial charge is 0.248 e. The van der Waals surface area contributed by atoms with E-state index in [1.165, 1.54) is 11.8 Å². The van der Waals surface area contributed by atoms with Crippen LogP contribution < -0.4 is 11.1 Å². The first-order chi connectivity index (χ1) is 10.1. The third-order valence-electron chi connectivity index (χ3n) is 2.84. The molecule has 5 heteroatoms. The lowest BCUT2D eigenvalue weighted by Crippen LogP contribution is -2.22. The second kappa shape index (κ2) is 6.95. The molecule has 0 spiro atoms. The van der Waals surface area contributed by atoms with E-state index in [0.717, 1.165) is 4.90 Å². The Hall–Kier alpha value is -2.27. The number of anilines is 1. The molecule has 0 bridgehead atoms. The van der Waals surface area contributed by atoms with Gasteiger partial charge in [-0.3, -0.25) is 9.59 Å². The average molecular weight is 300 g/mol. The molecule has 0 saturated carbocycles. The lowest BCUT2D eigenvalue weighted by atomic mass is 10.2. The lowest BCUT2D eigenvalue weighted by molar-refractivity contribution is -0.115. The van der Waals surface area contributed by atoms with E-state index in [2.05, 4.69) is 5.32 Å². The van der Waals surface area contributed by atoms with Gasteiger partial charge in [-0.2, -0.15) is 0 Å². The fourth-order valence-electron chi connectivity index (χ4n) is 1.75. The molecule has 0 saturated heterocycles. The second-order valence-electron chi connectivity index (χ2n) is 4.51. The van der Waals surface area contributed by atoms with Crippen LogP contribution in [-0.4, -0.2) is 17.1 Å². The van der Waals surface area contributed by atoms with Crippen molar-refractivity contribution in [2.24, 2.45) is 5.73 Å². The fraction of sp³-hybridized carbons (Fsp3) is 0.125. The van der Waals surface area contributed by atoms with Crippen LogP contribution in [-0.2, 0) is 4.79 Å². The standard InChI is InChI=1S/C16H16N2O2S/c1-11(21-14-8-3-2-4-9-14)16(20)18-13-7-5-6-12(10-13)15(17)19/h2-11H,1H3,(H2,17,19)(H,18,20)/t11-/m1/s1. The maximum absolute atomic E-state index is 12.1. The molecular weight excluding hydrogens is 284 g/mol. The molecule has 2 aromatic carbocycles. The predicted octanol–water partition coefficient (Wildman–Crippen LogP) is 2.90. The largest absolute Gasteiger partial charge is 0.366 e. The molecule has 0 heterocycles. The molecule has 0 unspecified atom stereocenters. The van der Waals surface area contributed by atoms with Gasteiger partial charge in [0.1, 0.15) is 0 Å². The molecule has 2 amide bonds. The number of hydrogen-bond acceptors (Lipinski definition) is 3. The lowest BCUT2D eigenvalue weighted by Gasteiger charge is -2.12. The number of rotatable bonds is 5. The van der Waals surface area contributed by atoms with Crippen LogP contribution in [0.1, 0.15) is 17.3 Å². The van der Waals surface area contributed by atoms with Gasteiger partial charge in [0, 0.05) is 16.1 Å².